The Balaban J connectivity index is 1.55. The van der Waals surface area contributed by atoms with Gasteiger partial charge in [0.15, 0.2) is 0 Å². The molecule has 2 atom stereocenters. The average molecular weight is 224 g/mol. The molecule has 0 aliphatic heterocycles. The first kappa shape index (κ1) is 11.9. The van der Waals surface area contributed by atoms with Gasteiger partial charge < -0.3 is 10.6 Å². The predicted molar refractivity (Wildman–Crippen MR) is 65.2 cm³/mol. The molecule has 2 N–H and O–H groups in total. The lowest BCUT2D eigenvalue weighted by Crippen LogP contribution is -2.39. The van der Waals surface area contributed by atoms with Crippen LogP contribution in [0.2, 0.25) is 0 Å². The first-order valence-electron chi connectivity index (χ1n) is 6.82. The molecule has 0 aromatic heterocycles. The highest BCUT2D eigenvalue weighted by molar-refractivity contribution is 5.80. The summed E-state index contributed by atoms with van der Waals surface area (Å²) in [6.07, 6.45) is 7.54. The minimum atomic E-state index is 0.264. The lowest BCUT2D eigenvalue weighted by Gasteiger charge is -2.19. The second-order valence-electron chi connectivity index (χ2n) is 5.23. The molecule has 0 bridgehead atoms. The zero-order chi connectivity index (χ0) is 11.4. The number of carbonyl (C=O) groups excluding carboxylic acids is 1. The summed E-state index contributed by atoms with van der Waals surface area (Å²) in [7, 11) is 0. The van der Waals surface area contributed by atoms with Crippen LogP contribution in [-0.4, -0.2) is 25.0 Å². The van der Waals surface area contributed by atoms with Gasteiger partial charge >= 0.3 is 0 Å². The number of hydrogen-bond acceptors (Lipinski definition) is 2. The van der Waals surface area contributed by atoms with E-state index in [0.29, 0.717) is 12.0 Å². The van der Waals surface area contributed by atoms with Gasteiger partial charge in [0.1, 0.15) is 0 Å². The van der Waals surface area contributed by atoms with Gasteiger partial charge in [-0.15, -0.1) is 0 Å². The first-order chi connectivity index (χ1) is 7.81. The van der Waals surface area contributed by atoms with E-state index in [1.807, 2.05) is 0 Å². The maximum absolute atomic E-state index is 11.4. The van der Waals surface area contributed by atoms with Crippen LogP contribution >= 0.6 is 0 Å². The summed E-state index contributed by atoms with van der Waals surface area (Å²) in [5.74, 6) is 1.47. The lowest BCUT2D eigenvalue weighted by molar-refractivity contribution is -0.122. The van der Waals surface area contributed by atoms with E-state index in [0.717, 1.165) is 31.8 Å². The molecule has 0 saturated heterocycles. The van der Waals surface area contributed by atoms with Gasteiger partial charge in [0, 0.05) is 25.0 Å². The standard InChI is InChI=1S/C13H24N2O/c1-2-10-4-3-5-12(10)14-8-9-15-13(16)11-6-7-11/h10-12,14H,2-9H2,1H3,(H,15,16). The monoisotopic (exact) mass is 224 g/mol. The van der Waals surface area contributed by atoms with Crippen molar-refractivity contribution in [3.8, 4) is 0 Å². The third kappa shape index (κ3) is 3.21. The summed E-state index contributed by atoms with van der Waals surface area (Å²) in [5, 5.41) is 6.58. The minimum absolute atomic E-state index is 0.264. The molecule has 0 radical (unpaired) electrons. The Morgan fingerprint density at radius 3 is 2.69 bits per heavy atom. The zero-order valence-corrected chi connectivity index (χ0v) is 10.3. The number of hydrogen-bond donors (Lipinski definition) is 2. The fraction of sp³-hybridized carbons (Fsp3) is 0.923. The van der Waals surface area contributed by atoms with Gasteiger partial charge in [0.2, 0.25) is 5.91 Å². The van der Waals surface area contributed by atoms with Crippen molar-refractivity contribution < 1.29 is 4.79 Å². The molecule has 2 rings (SSSR count). The van der Waals surface area contributed by atoms with Crippen molar-refractivity contribution in [3.05, 3.63) is 0 Å². The number of rotatable bonds is 6. The van der Waals surface area contributed by atoms with Gasteiger partial charge in [0.25, 0.3) is 0 Å². The van der Waals surface area contributed by atoms with Crippen LogP contribution in [0.4, 0.5) is 0 Å². The van der Waals surface area contributed by atoms with Crippen LogP contribution in [0.15, 0.2) is 0 Å². The highest BCUT2D eigenvalue weighted by atomic mass is 16.2. The summed E-state index contributed by atoms with van der Waals surface area (Å²) in [4.78, 5) is 11.4. The quantitative estimate of drug-likeness (QED) is 0.674. The van der Waals surface area contributed by atoms with Crippen LogP contribution < -0.4 is 10.6 Å². The molecule has 92 valence electrons. The molecular formula is C13H24N2O. The molecule has 2 unspecified atom stereocenters. The Labute approximate surface area is 98.4 Å². The second-order valence-corrected chi connectivity index (χ2v) is 5.23. The van der Waals surface area contributed by atoms with Gasteiger partial charge in [-0.25, -0.2) is 0 Å². The van der Waals surface area contributed by atoms with Crippen LogP contribution in [0.3, 0.4) is 0 Å². The molecule has 0 aromatic rings. The smallest absolute Gasteiger partial charge is 0.223 e. The molecule has 16 heavy (non-hydrogen) atoms. The second kappa shape index (κ2) is 5.67. The number of carbonyl (C=O) groups is 1. The Kier molecular flexibility index (Phi) is 4.22. The van der Waals surface area contributed by atoms with E-state index in [4.69, 9.17) is 0 Å². The van der Waals surface area contributed by atoms with Crippen molar-refractivity contribution in [2.24, 2.45) is 11.8 Å². The van der Waals surface area contributed by atoms with Crippen molar-refractivity contribution in [3.63, 3.8) is 0 Å². The fourth-order valence-corrected chi connectivity index (χ4v) is 2.73. The van der Waals surface area contributed by atoms with Crippen molar-refractivity contribution in [1.82, 2.24) is 10.6 Å². The van der Waals surface area contributed by atoms with Gasteiger partial charge in [0.05, 0.1) is 0 Å². The lowest BCUT2D eigenvalue weighted by atomic mass is 10.0. The Morgan fingerprint density at radius 1 is 1.19 bits per heavy atom. The molecule has 2 saturated carbocycles. The highest BCUT2D eigenvalue weighted by Crippen LogP contribution is 2.29. The average Bonchev–Trinajstić information content (AvgIpc) is 3.04. The van der Waals surface area contributed by atoms with Crippen LogP contribution in [-0.2, 0) is 4.79 Å². The van der Waals surface area contributed by atoms with Crippen LogP contribution in [0.1, 0.15) is 45.4 Å². The maximum atomic E-state index is 11.4. The summed E-state index contributed by atoms with van der Waals surface area (Å²) in [5.41, 5.74) is 0. The molecule has 1 amide bonds. The topological polar surface area (TPSA) is 41.1 Å². The number of amides is 1. The molecule has 3 heteroatoms. The van der Waals surface area contributed by atoms with Crippen molar-refractivity contribution in [2.75, 3.05) is 13.1 Å². The largest absolute Gasteiger partial charge is 0.355 e. The molecule has 2 fully saturated rings. The first-order valence-corrected chi connectivity index (χ1v) is 6.82. The minimum Gasteiger partial charge on any atom is -0.355 e. The van der Waals surface area contributed by atoms with Crippen LogP contribution in [0.5, 0.6) is 0 Å². The van der Waals surface area contributed by atoms with Gasteiger partial charge in [-0.1, -0.05) is 19.8 Å². The molecule has 2 aliphatic carbocycles. The Hall–Kier alpha value is -0.570. The third-order valence-corrected chi connectivity index (χ3v) is 3.96. The van der Waals surface area contributed by atoms with Crippen LogP contribution in [0.25, 0.3) is 0 Å². The molecular weight excluding hydrogens is 200 g/mol. The molecule has 2 aliphatic rings. The van der Waals surface area contributed by atoms with E-state index in [1.54, 1.807) is 0 Å². The summed E-state index contributed by atoms with van der Waals surface area (Å²) < 4.78 is 0. The fourth-order valence-electron chi connectivity index (χ4n) is 2.73. The molecule has 0 spiro atoms. The van der Waals surface area contributed by atoms with Gasteiger partial charge in [-0.05, 0) is 31.6 Å². The summed E-state index contributed by atoms with van der Waals surface area (Å²) in [6, 6.07) is 0.697. The normalized spacial score (nSPS) is 29.3. The van der Waals surface area contributed by atoms with E-state index < -0.39 is 0 Å². The van der Waals surface area contributed by atoms with Crippen molar-refractivity contribution in [1.29, 1.82) is 0 Å². The summed E-state index contributed by atoms with van der Waals surface area (Å²) >= 11 is 0. The maximum Gasteiger partial charge on any atom is 0.223 e. The van der Waals surface area contributed by atoms with E-state index in [1.165, 1.54) is 25.7 Å². The Morgan fingerprint density at radius 2 is 2.00 bits per heavy atom. The molecule has 0 heterocycles. The molecule has 0 aromatic carbocycles. The predicted octanol–water partition coefficient (Wildman–Crippen LogP) is 1.68. The van der Waals surface area contributed by atoms with E-state index in [2.05, 4.69) is 17.6 Å². The zero-order valence-electron chi connectivity index (χ0n) is 10.3. The summed E-state index contributed by atoms with van der Waals surface area (Å²) in [6.45, 7) is 4.00. The van der Waals surface area contributed by atoms with E-state index in [9.17, 15) is 4.79 Å². The van der Waals surface area contributed by atoms with Gasteiger partial charge in [-0.2, -0.15) is 0 Å². The SMILES string of the molecule is CCC1CCCC1NCCNC(=O)C1CC1. The van der Waals surface area contributed by atoms with E-state index >= 15 is 0 Å². The van der Waals surface area contributed by atoms with Crippen molar-refractivity contribution in [2.45, 2.75) is 51.5 Å². The molecule has 3 nitrogen and oxygen atoms in total. The van der Waals surface area contributed by atoms with Gasteiger partial charge in [-0.3, -0.25) is 4.79 Å². The van der Waals surface area contributed by atoms with E-state index in [-0.39, 0.29) is 5.91 Å². The van der Waals surface area contributed by atoms with Crippen molar-refractivity contribution >= 4 is 5.91 Å². The van der Waals surface area contributed by atoms with Crippen LogP contribution in [0, 0.1) is 11.8 Å². The number of nitrogens with one attached hydrogen (secondary N) is 2. The highest BCUT2D eigenvalue weighted by Gasteiger charge is 2.29. The Bertz CT molecular complexity index is 238. The third-order valence-electron chi connectivity index (χ3n) is 3.96.